The van der Waals surface area contributed by atoms with E-state index in [4.69, 9.17) is 20.8 Å². The van der Waals surface area contributed by atoms with Crippen molar-refractivity contribution in [3.05, 3.63) is 40.9 Å². The van der Waals surface area contributed by atoms with Crippen molar-refractivity contribution >= 4 is 17.6 Å². The molecule has 0 N–H and O–H groups in total. The molecule has 20 heavy (non-hydrogen) atoms. The van der Waals surface area contributed by atoms with Gasteiger partial charge in [0.2, 0.25) is 11.7 Å². The standard InChI is InChI=1S/C15H16ClNO3/c1-15(2,3)14-17-11(12(20-14)13(18)19-4)9-6-5-7-10(16)8-9/h5-8H,1-4H3. The lowest BCUT2D eigenvalue weighted by molar-refractivity contribution is 0.0562. The van der Waals surface area contributed by atoms with Crippen molar-refractivity contribution in [2.45, 2.75) is 26.2 Å². The molecule has 0 unspecified atom stereocenters. The van der Waals surface area contributed by atoms with Crippen LogP contribution in [0.2, 0.25) is 5.02 Å². The number of carbonyl (C=O) groups is 1. The molecule has 0 atom stereocenters. The second-order valence-electron chi connectivity index (χ2n) is 5.45. The van der Waals surface area contributed by atoms with E-state index in [-0.39, 0.29) is 11.2 Å². The highest BCUT2D eigenvalue weighted by molar-refractivity contribution is 6.30. The normalized spacial score (nSPS) is 11.4. The van der Waals surface area contributed by atoms with E-state index < -0.39 is 5.97 Å². The van der Waals surface area contributed by atoms with Crippen molar-refractivity contribution < 1.29 is 13.9 Å². The maximum atomic E-state index is 11.8. The molecular formula is C15H16ClNO3. The van der Waals surface area contributed by atoms with Crippen LogP contribution in [0.4, 0.5) is 0 Å². The SMILES string of the molecule is COC(=O)c1oc(C(C)(C)C)nc1-c1cccc(Cl)c1. The summed E-state index contributed by atoms with van der Waals surface area (Å²) in [7, 11) is 1.31. The van der Waals surface area contributed by atoms with E-state index in [0.717, 1.165) is 5.56 Å². The van der Waals surface area contributed by atoms with Crippen LogP contribution in [-0.2, 0) is 10.2 Å². The molecule has 0 radical (unpaired) electrons. The number of aromatic nitrogens is 1. The maximum Gasteiger partial charge on any atom is 0.376 e. The van der Waals surface area contributed by atoms with Gasteiger partial charge >= 0.3 is 5.97 Å². The molecule has 0 bridgehead atoms. The van der Waals surface area contributed by atoms with Gasteiger partial charge < -0.3 is 9.15 Å². The minimum Gasteiger partial charge on any atom is -0.463 e. The Labute approximate surface area is 122 Å². The van der Waals surface area contributed by atoms with E-state index in [0.29, 0.717) is 16.6 Å². The summed E-state index contributed by atoms with van der Waals surface area (Å²) in [6.45, 7) is 5.88. The van der Waals surface area contributed by atoms with E-state index >= 15 is 0 Å². The van der Waals surface area contributed by atoms with Crippen molar-refractivity contribution in [3.8, 4) is 11.3 Å². The molecule has 1 aromatic carbocycles. The molecule has 0 aliphatic rings. The van der Waals surface area contributed by atoms with Crippen LogP contribution in [0.5, 0.6) is 0 Å². The fourth-order valence-corrected chi connectivity index (χ4v) is 1.89. The third-order valence-corrected chi connectivity index (χ3v) is 2.97. The average molecular weight is 294 g/mol. The van der Waals surface area contributed by atoms with Crippen LogP contribution in [0.15, 0.2) is 28.7 Å². The summed E-state index contributed by atoms with van der Waals surface area (Å²) in [5.41, 5.74) is 0.862. The number of rotatable bonds is 2. The topological polar surface area (TPSA) is 52.3 Å². The summed E-state index contributed by atoms with van der Waals surface area (Å²) in [4.78, 5) is 16.3. The molecule has 0 aliphatic carbocycles. The van der Waals surface area contributed by atoms with Gasteiger partial charge in [0.05, 0.1) is 7.11 Å². The third kappa shape index (κ3) is 2.85. The molecule has 4 nitrogen and oxygen atoms in total. The molecule has 106 valence electrons. The Hall–Kier alpha value is -1.81. The number of esters is 1. The van der Waals surface area contributed by atoms with Crippen LogP contribution in [-0.4, -0.2) is 18.1 Å². The fourth-order valence-electron chi connectivity index (χ4n) is 1.70. The second-order valence-corrected chi connectivity index (χ2v) is 5.89. The molecule has 0 saturated carbocycles. The number of carbonyl (C=O) groups excluding carboxylic acids is 1. The maximum absolute atomic E-state index is 11.8. The monoisotopic (exact) mass is 293 g/mol. The summed E-state index contributed by atoms with van der Waals surface area (Å²) in [6.07, 6.45) is 0. The van der Waals surface area contributed by atoms with E-state index in [9.17, 15) is 4.79 Å². The van der Waals surface area contributed by atoms with Crippen molar-refractivity contribution in [3.63, 3.8) is 0 Å². The fraction of sp³-hybridized carbons (Fsp3) is 0.333. The highest BCUT2D eigenvalue weighted by Gasteiger charge is 2.28. The number of halogens is 1. The van der Waals surface area contributed by atoms with Gasteiger partial charge in [0.1, 0.15) is 5.69 Å². The van der Waals surface area contributed by atoms with Gasteiger partial charge in [-0.2, -0.15) is 0 Å². The molecule has 0 spiro atoms. The van der Waals surface area contributed by atoms with Gasteiger partial charge in [-0.05, 0) is 12.1 Å². The molecular weight excluding hydrogens is 278 g/mol. The largest absolute Gasteiger partial charge is 0.463 e. The minimum atomic E-state index is -0.553. The minimum absolute atomic E-state index is 0.0969. The predicted molar refractivity (Wildman–Crippen MR) is 77.0 cm³/mol. The van der Waals surface area contributed by atoms with Crippen LogP contribution >= 0.6 is 11.6 Å². The van der Waals surface area contributed by atoms with Gasteiger partial charge in [0.25, 0.3) is 0 Å². The number of hydrogen-bond donors (Lipinski definition) is 0. The predicted octanol–water partition coefficient (Wildman–Crippen LogP) is 4.08. The number of methoxy groups -OCH3 is 1. The van der Waals surface area contributed by atoms with E-state index in [1.54, 1.807) is 18.2 Å². The van der Waals surface area contributed by atoms with Crippen molar-refractivity contribution in [1.82, 2.24) is 4.98 Å². The molecule has 1 heterocycles. The highest BCUT2D eigenvalue weighted by Crippen LogP contribution is 2.31. The van der Waals surface area contributed by atoms with Gasteiger partial charge in [-0.15, -0.1) is 0 Å². The summed E-state index contributed by atoms with van der Waals surface area (Å²) in [6, 6.07) is 7.11. The second kappa shape index (κ2) is 5.29. The molecule has 0 aliphatic heterocycles. The zero-order chi connectivity index (χ0) is 14.9. The van der Waals surface area contributed by atoms with E-state index in [2.05, 4.69) is 4.98 Å². The van der Waals surface area contributed by atoms with Crippen LogP contribution in [0.25, 0.3) is 11.3 Å². The Kier molecular flexibility index (Phi) is 3.86. The highest BCUT2D eigenvalue weighted by atomic mass is 35.5. The summed E-state index contributed by atoms with van der Waals surface area (Å²) < 4.78 is 10.3. The molecule has 1 aromatic heterocycles. The Morgan fingerprint density at radius 1 is 1.35 bits per heavy atom. The van der Waals surface area contributed by atoms with Crippen LogP contribution in [0.3, 0.4) is 0 Å². The average Bonchev–Trinajstić information content (AvgIpc) is 2.82. The van der Waals surface area contributed by atoms with Crippen molar-refractivity contribution in [2.75, 3.05) is 7.11 Å². The zero-order valence-electron chi connectivity index (χ0n) is 11.9. The zero-order valence-corrected chi connectivity index (χ0v) is 12.6. The molecule has 0 fully saturated rings. The Morgan fingerprint density at radius 2 is 2.05 bits per heavy atom. The molecule has 5 heteroatoms. The first-order valence-electron chi connectivity index (χ1n) is 6.18. The van der Waals surface area contributed by atoms with Crippen LogP contribution < -0.4 is 0 Å². The number of hydrogen-bond acceptors (Lipinski definition) is 4. The Bertz CT molecular complexity index is 641. The first-order valence-corrected chi connectivity index (χ1v) is 6.56. The molecule has 0 saturated heterocycles. The van der Waals surface area contributed by atoms with Gasteiger partial charge in [0, 0.05) is 16.0 Å². The summed E-state index contributed by atoms with van der Waals surface area (Å²) in [5, 5.41) is 0.568. The van der Waals surface area contributed by atoms with E-state index in [1.807, 2.05) is 26.8 Å². The van der Waals surface area contributed by atoms with Crippen LogP contribution in [0, 0.1) is 0 Å². The third-order valence-electron chi connectivity index (χ3n) is 2.74. The Balaban J connectivity index is 2.61. The number of ether oxygens (including phenoxy) is 1. The number of nitrogens with zero attached hydrogens (tertiary/aromatic N) is 1. The lowest BCUT2D eigenvalue weighted by Gasteiger charge is -2.11. The molecule has 0 amide bonds. The number of benzene rings is 1. The lowest BCUT2D eigenvalue weighted by Crippen LogP contribution is -2.11. The quantitative estimate of drug-likeness (QED) is 0.783. The van der Waals surface area contributed by atoms with Crippen LogP contribution in [0.1, 0.15) is 37.2 Å². The first kappa shape index (κ1) is 14.6. The van der Waals surface area contributed by atoms with E-state index in [1.165, 1.54) is 7.11 Å². The Morgan fingerprint density at radius 3 is 2.60 bits per heavy atom. The lowest BCUT2D eigenvalue weighted by atomic mass is 9.97. The summed E-state index contributed by atoms with van der Waals surface area (Å²) >= 11 is 5.98. The summed E-state index contributed by atoms with van der Waals surface area (Å²) in [5.74, 6) is 0.0237. The first-order chi connectivity index (χ1) is 9.32. The smallest absolute Gasteiger partial charge is 0.376 e. The van der Waals surface area contributed by atoms with Gasteiger partial charge in [-0.1, -0.05) is 44.5 Å². The van der Waals surface area contributed by atoms with Crippen molar-refractivity contribution in [2.24, 2.45) is 0 Å². The number of oxazole rings is 1. The van der Waals surface area contributed by atoms with Gasteiger partial charge in [0.15, 0.2) is 0 Å². The molecule has 2 rings (SSSR count). The van der Waals surface area contributed by atoms with Crippen molar-refractivity contribution in [1.29, 1.82) is 0 Å². The van der Waals surface area contributed by atoms with Gasteiger partial charge in [-0.25, -0.2) is 9.78 Å². The molecule has 2 aromatic rings. The van der Waals surface area contributed by atoms with Gasteiger partial charge in [-0.3, -0.25) is 0 Å².